The van der Waals surface area contributed by atoms with E-state index >= 15 is 0 Å². The van der Waals surface area contributed by atoms with Gasteiger partial charge in [0.25, 0.3) is 0 Å². The Bertz CT molecular complexity index is 353. The van der Waals surface area contributed by atoms with Crippen molar-refractivity contribution in [1.82, 2.24) is 14.9 Å². The second-order valence-corrected chi connectivity index (χ2v) is 6.55. The van der Waals surface area contributed by atoms with Gasteiger partial charge in [-0.15, -0.1) is 0 Å². The zero-order valence-corrected chi connectivity index (χ0v) is 11.1. The van der Waals surface area contributed by atoms with Gasteiger partial charge in [0.05, 0.1) is 12.0 Å². The van der Waals surface area contributed by atoms with Crippen molar-refractivity contribution in [3.8, 4) is 0 Å². The Balaban J connectivity index is 1.45. The highest BCUT2D eigenvalue weighted by atomic mass is 32.2. The summed E-state index contributed by atoms with van der Waals surface area (Å²) in [4.78, 5) is 4.27. The summed E-state index contributed by atoms with van der Waals surface area (Å²) in [7, 11) is 0. The van der Waals surface area contributed by atoms with Crippen molar-refractivity contribution in [2.24, 2.45) is 0 Å². The molecule has 1 saturated heterocycles. The van der Waals surface area contributed by atoms with Gasteiger partial charge in [-0.25, -0.2) is 4.98 Å². The number of hydrogen-bond acceptors (Lipinski definition) is 3. The second-order valence-electron chi connectivity index (χ2n) is 5.14. The van der Waals surface area contributed by atoms with E-state index in [4.69, 9.17) is 0 Å². The summed E-state index contributed by atoms with van der Waals surface area (Å²) < 4.78 is 2.35. The van der Waals surface area contributed by atoms with Crippen molar-refractivity contribution in [3.05, 3.63) is 18.2 Å². The topological polar surface area (TPSA) is 29.9 Å². The summed E-state index contributed by atoms with van der Waals surface area (Å²) in [6, 6.07) is 0.748. The average molecular weight is 251 g/mol. The maximum absolute atomic E-state index is 4.27. The van der Waals surface area contributed by atoms with Gasteiger partial charge in [-0.3, -0.25) is 0 Å². The van der Waals surface area contributed by atoms with E-state index in [-0.39, 0.29) is 0 Å². The first-order valence-electron chi connectivity index (χ1n) is 6.76. The molecule has 17 heavy (non-hydrogen) atoms. The van der Waals surface area contributed by atoms with Gasteiger partial charge in [0.2, 0.25) is 0 Å². The molecule has 0 amide bonds. The van der Waals surface area contributed by atoms with Crippen molar-refractivity contribution >= 4 is 11.8 Å². The lowest BCUT2D eigenvalue weighted by molar-refractivity contribution is 0.576. The van der Waals surface area contributed by atoms with Gasteiger partial charge < -0.3 is 9.88 Å². The molecule has 0 spiro atoms. The van der Waals surface area contributed by atoms with E-state index in [1.165, 1.54) is 43.6 Å². The standard InChI is InChI=1S/C13H21N3S/c1-2-6-17-13(3-1)9-14-7-12-8-15-10-16(12)11-4-5-11/h8,10-11,13-14H,1-7,9H2. The molecule has 1 aromatic heterocycles. The monoisotopic (exact) mass is 251 g/mol. The van der Waals surface area contributed by atoms with E-state index in [2.05, 4.69) is 26.6 Å². The molecule has 0 radical (unpaired) electrons. The summed E-state index contributed by atoms with van der Waals surface area (Å²) in [6.45, 7) is 2.13. The number of thioether (sulfide) groups is 1. The van der Waals surface area contributed by atoms with Crippen molar-refractivity contribution in [2.75, 3.05) is 12.3 Å². The van der Waals surface area contributed by atoms with E-state index in [1.807, 2.05) is 12.5 Å². The minimum absolute atomic E-state index is 0.748. The van der Waals surface area contributed by atoms with Crippen molar-refractivity contribution in [3.63, 3.8) is 0 Å². The van der Waals surface area contributed by atoms with Crippen LogP contribution in [0.2, 0.25) is 0 Å². The Hall–Kier alpha value is -0.480. The lowest BCUT2D eigenvalue weighted by atomic mass is 10.2. The molecule has 2 aliphatic rings. The normalized spacial score (nSPS) is 25.1. The Morgan fingerprint density at radius 1 is 1.35 bits per heavy atom. The van der Waals surface area contributed by atoms with Gasteiger partial charge in [0.1, 0.15) is 0 Å². The molecule has 1 aromatic rings. The quantitative estimate of drug-likeness (QED) is 0.872. The van der Waals surface area contributed by atoms with E-state index in [0.29, 0.717) is 0 Å². The number of nitrogens with zero attached hydrogens (tertiary/aromatic N) is 2. The zero-order valence-electron chi connectivity index (χ0n) is 10.3. The summed E-state index contributed by atoms with van der Waals surface area (Å²) in [5.74, 6) is 1.35. The first-order valence-corrected chi connectivity index (χ1v) is 7.81. The van der Waals surface area contributed by atoms with E-state index < -0.39 is 0 Å². The highest BCUT2D eigenvalue weighted by Crippen LogP contribution is 2.35. The number of hydrogen-bond donors (Lipinski definition) is 1. The van der Waals surface area contributed by atoms with Crippen LogP contribution in [0.5, 0.6) is 0 Å². The van der Waals surface area contributed by atoms with Crippen LogP contribution in [0.3, 0.4) is 0 Å². The minimum atomic E-state index is 0.748. The molecule has 94 valence electrons. The van der Waals surface area contributed by atoms with Gasteiger partial charge >= 0.3 is 0 Å². The number of imidazole rings is 1. The summed E-state index contributed by atoms with van der Waals surface area (Å²) in [5.41, 5.74) is 1.35. The molecule has 4 heteroatoms. The summed E-state index contributed by atoms with van der Waals surface area (Å²) in [6.07, 6.45) is 10.9. The molecule has 1 atom stereocenters. The molecule has 3 nitrogen and oxygen atoms in total. The number of aromatic nitrogens is 2. The van der Waals surface area contributed by atoms with Crippen LogP contribution in [0.4, 0.5) is 0 Å². The lowest BCUT2D eigenvalue weighted by Gasteiger charge is -2.21. The maximum Gasteiger partial charge on any atom is 0.0951 e. The van der Waals surface area contributed by atoms with Crippen molar-refractivity contribution in [1.29, 1.82) is 0 Å². The third kappa shape index (κ3) is 3.05. The highest BCUT2D eigenvalue weighted by Gasteiger charge is 2.25. The fraction of sp³-hybridized carbons (Fsp3) is 0.769. The van der Waals surface area contributed by atoms with Crippen molar-refractivity contribution in [2.45, 2.75) is 49.9 Å². The first kappa shape index (κ1) is 11.6. The minimum Gasteiger partial charge on any atom is -0.330 e. The van der Waals surface area contributed by atoms with Gasteiger partial charge in [0.15, 0.2) is 0 Å². The van der Waals surface area contributed by atoms with Crippen LogP contribution in [0, 0.1) is 0 Å². The van der Waals surface area contributed by atoms with Crippen LogP contribution >= 0.6 is 11.8 Å². The fourth-order valence-electron chi connectivity index (χ4n) is 2.48. The van der Waals surface area contributed by atoms with E-state index in [9.17, 15) is 0 Å². The molecule has 1 unspecified atom stereocenters. The molecule has 1 saturated carbocycles. The van der Waals surface area contributed by atoms with E-state index in [1.54, 1.807) is 0 Å². The third-order valence-electron chi connectivity index (χ3n) is 3.64. The predicted molar refractivity (Wildman–Crippen MR) is 72.3 cm³/mol. The Labute approximate surface area is 107 Å². The molecule has 2 fully saturated rings. The van der Waals surface area contributed by atoms with Crippen molar-refractivity contribution < 1.29 is 0 Å². The molecule has 3 rings (SSSR count). The molecule has 0 aromatic carbocycles. The third-order valence-corrected chi connectivity index (χ3v) is 5.04. The summed E-state index contributed by atoms with van der Waals surface area (Å²) >= 11 is 2.14. The van der Waals surface area contributed by atoms with Crippen LogP contribution in [0.1, 0.15) is 43.8 Å². The molecular weight excluding hydrogens is 230 g/mol. The average Bonchev–Trinajstić information content (AvgIpc) is 3.11. The van der Waals surface area contributed by atoms with Gasteiger partial charge in [-0.2, -0.15) is 11.8 Å². The molecule has 1 N–H and O–H groups in total. The zero-order chi connectivity index (χ0) is 11.5. The van der Waals surface area contributed by atoms with Crippen LogP contribution < -0.4 is 5.32 Å². The van der Waals surface area contributed by atoms with Crippen LogP contribution in [0.25, 0.3) is 0 Å². The fourth-order valence-corrected chi connectivity index (χ4v) is 3.75. The molecule has 1 aliphatic heterocycles. The smallest absolute Gasteiger partial charge is 0.0951 e. The van der Waals surface area contributed by atoms with Crippen LogP contribution in [0.15, 0.2) is 12.5 Å². The van der Waals surface area contributed by atoms with Gasteiger partial charge in [0, 0.05) is 30.6 Å². The maximum atomic E-state index is 4.27. The SMILES string of the molecule is c1ncn(C2CC2)c1CNCC1CCCCS1. The van der Waals surface area contributed by atoms with Crippen LogP contribution in [-0.2, 0) is 6.54 Å². The van der Waals surface area contributed by atoms with E-state index in [0.717, 1.165) is 24.4 Å². The Morgan fingerprint density at radius 3 is 3.06 bits per heavy atom. The first-order chi connectivity index (χ1) is 8.43. The molecule has 1 aliphatic carbocycles. The molecule has 0 bridgehead atoms. The van der Waals surface area contributed by atoms with Gasteiger partial charge in [-0.1, -0.05) is 6.42 Å². The predicted octanol–water partition coefficient (Wildman–Crippen LogP) is 2.59. The highest BCUT2D eigenvalue weighted by molar-refractivity contribution is 7.99. The molecule has 2 heterocycles. The number of nitrogens with one attached hydrogen (secondary N) is 1. The number of rotatable bonds is 5. The largest absolute Gasteiger partial charge is 0.330 e. The summed E-state index contributed by atoms with van der Waals surface area (Å²) in [5, 5.41) is 4.43. The second kappa shape index (κ2) is 5.44. The van der Waals surface area contributed by atoms with Gasteiger partial charge in [-0.05, 0) is 31.4 Å². The molecular formula is C13H21N3S. The van der Waals surface area contributed by atoms with Crippen LogP contribution in [-0.4, -0.2) is 27.1 Å². The Morgan fingerprint density at radius 2 is 2.29 bits per heavy atom. The Kier molecular flexibility index (Phi) is 3.71. The lowest BCUT2D eigenvalue weighted by Crippen LogP contribution is -2.27.